The van der Waals surface area contributed by atoms with Crippen molar-refractivity contribution in [3.8, 4) is 44.5 Å². The van der Waals surface area contributed by atoms with Gasteiger partial charge in [0.05, 0.1) is 0 Å². The molecular weight excluding hydrogens is 733 g/mol. The molecule has 0 unspecified atom stereocenters. The molecule has 10 aromatic carbocycles. The lowest BCUT2D eigenvalue weighted by molar-refractivity contribution is 0.660. The molecule has 1 aliphatic carbocycles. The van der Waals surface area contributed by atoms with Crippen LogP contribution in [0.2, 0.25) is 0 Å². The first kappa shape index (κ1) is 33.0. The number of rotatable bonds is 3. The highest BCUT2D eigenvalue weighted by molar-refractivity contribution is 7.26. The highest BCUT2D eigenvalue weighted by Gasteiger charge is 2.35. The fourth-order valence-corrected chi connectivity index (χ4v) is 11.7. The molecule has 1 aliphatic rings. The van der Waals surface area contributed by atoms with E-state index >= 15 is 0 Å². The summed E-state index contributed by atoms with van der Waals surface area (Å²) in [6.45, 7) is 4.71. The molecule has 13 rings (SSSR count). The summed E-state index contributed by atoms with van der Waals surface area (Å²) in [5.74, 6) is 0. The predicted molar refractivity (Wildman–Crippen MR) is 253 cm³/mol. The molecule has 1 nitrogen and oxygen atoms in total. The number of hydrogen-bond donors (Lipinski definition) is 0. The van der Waals surface area contributed by atoms with Gasteiger partial charge in [-0.3, -0.25) is 0 Å². The van der Waals surface area contributed by atoms with Gasteiger partial charge >= 0.3 is 0 Å². The Balaban J connectivity index is 0.974. The van der Waals surface area contributed by atoms with E-state index in [0.29, 0.717) is 0 Å². The fourth-order valence-electron chi connectivity index (χ4n) is 10.5. The minimum atomic E-state index is -0.0243. The molecule has 0 bridgehead atoms. The van der Waals surface area contributed by atoms with Gasteiger partial charge in [-0.2, -0.15) is 0 Å². The smallest absolute Gasteiger partial charge is 0.136 e. The van der Waals surface area contributed by atoms with Crippen molar-refractivity contribution in [2.75, 3.05) is 0 Å². The summed E-state index contributed by atoms with van der Waals surface area (Å²) in [5, 5.41) is 12.6. The molecule has 12 aromatic rings. The number of para-hydroxylation sites is 1. The average Bonchev–Trinajstić information content (AvgIpc) is 3.91. The maximum absolute atomic E-state index is 6.31. The molecule has 0 radical (unpaired) electrons. The Hall–Kier alpha value is -7.00. The van der Waals surface area contributed by atoms with Crippen molar-refractivity contribution in [1.82, 2.24) is 0 Å². The monoisotopic (exact) mass is 768 g/mol. The highest BCUT2D eigenvalue weighted by atomic mass is 32.1. The van der Waals surface area contributed by atoms with Crippen molar-refractivity contribution in [2.24, 2.45) is 0 Å². The van der Waals surface area contributed by atoms with Gasteiger partial charge < -0.3 is 4.42 Å². The van der Waals surface area contributed by atoms with E-state index in [0.717, 1.165) is 11.2 Å². The molecule has 0 aliphatic heterocycles. The van der Waals surface area contributed by atoms with Crippen LogP contribution < -0.4 is 0 Å². The van der Waals surface area contributed by atoms with Crippen molar-refractivity contribution in [3.63, 3.8) is 0 Å². The van der Waals surface area contributed by atoms with Gasteiger partial charge in [-0.25, -0.2) is 0 Å². The van der Waals surface area contributed by atoms with Crippen LogP contribution in [0.1, 0.15) is 25.0 Å². The topological polar surface area (TPSA) is 13.1 Å². The number of thiophene rings is 1. The first-order valence-corrected chi connectivity index (χ1v) is 21.3. The molecule has 276 valence electrons. The number of benzene rings is 10. The Morgan fingerprint density at radius 2 is 0.915 bits per heavy atom. The third-order valence-electron chi connectivity index (χ3n) is 13.3. The molecule has 0 saturated heterocycles. The van der Waals surface area contributed by atoms with E-state index in [2.05, 4.69) is 190 Å². The van der Waals surface area contributed by atoms with Crippen LogP contribution in [0.4, 0.5) is 0 Å². The zero-order valence-corrected chi connectivity index (χ0v) is 33.5. The minimum absolute atomic E-state index is 0.0243. The largest absolute Gasteiger partial charge is 0.456 e. The zero-order valence-electron chi connectivity index (χ0n) is 32.6. The molecule has 0 N–H and O–H groups in total. The van der Waals surface area contributed by atoms with Crippen LogP contribution in [-0.2, 0) is 5.41 Å². The maximum atomic E-state index is 6.31. The third kappa shape index (κ3) is 4.61. The van der Waals surface area contributed by atoms with Crippen LogP contribution >= 0.6 is 11.3 Å². The molecule has 0 saturated carbocycles. The SMILES string of the molecule is CC1(C)c2ccccc2-c2cc(-c3c4ccccc4c(-c4ccc(-c5cc6sc7cc8oc9ccccc9c8cc7c6c6ccccc56)cc4)c4ccccc34)ccc21. The van der Waals surface area contributed by atoms with Gasteiger partial charge in [0, 0.05) is 36.4 Å². The fraction of sp³-hybridized carbons (Fsp3) is 0.0526. The Morgan fingerprint density at radius 3 is 1.64 bits per heavy atom. The second-order valence-electron chi connectivity index (χ2n) is 16.7. The Labute approximate surface area is 345 Å². The zero-order chi connectivity index (χ0) is 39.0. The van der Waals surface area contributed by atoms with Crippen LogP contribution in [0.25, 0.3) is 119 Å². The normalized spacial score (nSPS) is 13.4. The molecule has 0 atom stereocenters. The van der Waals surface area contributed by atoms with Crippen LogP contribution in [0, 0.1) is 0 Å². The van der Waals surface area contributed by atoms with E-state index in [1.165, 1.54) is 119 Å². The number of furan rings is 1. The first-order chi connectivity index (χ1) is 29.0. The Kier molecular flexibility index (Phi) is 6.73. The van der Waals surface area contributed by atoms with E-state index in [1.807, 2.05) is 17.4 Å². The van der Waals surface area contributed by atoms with Gasteiger partial charge in [0.1, 0.15) is 11.2 Å². The first-order valence-electron chi connectivity index (χ1n) is 20.5. The van der Waals surface area contributed by atoms with Gasteiger partial charge in [0.25, 0.3) is 0 Å². The van der Waals surface area contributed by atoms with Crippen LogP contribution in [0.3, 0.4) is 0 Å². The number of fused-ring (bicyclic) bond motifs is 13. The molecule has 2 heterocycles. The molecular formula is C57H36OS. The van der Waals surface area contributed by atoms with E-state index in [9.17, 15) is 0 Å². The lowest BCUT2D eigenvalue weighted by Crippen LogP contribution is -2.14. The summed E-state index contributed by atoms with van der Waals surface area (Å²) in [4.78, 5) is 0. The molecule has 2 aromatic heterocycles. The maximum Gasteiger partial charge on any atom is 0.136 e. The average molecular weight is 769 g/mol. The molecule has 0 fully saturated rings. The van der Waals surface area contributed by atoms with Crippen molar-refractivity contribution in [2.45, 2.75) is 19.3 Å². The third-order valence-corrected chi connectivity index (χ3v) is 14.4. The molecule has 0 amide bonds. The van der Waals surface area contributed by atoms with Crippen LogP contribution in [0.15, 0.2) is 186 Å². The van der Waals surface area contributed by atoms with Crippen molar-refractivity contribution in [1.29, 1.82) is 0 Å². The van der Waals surface area contributed by atoms with Crippen molar-refractivity contribution in [3.05, 3.63) is 193 Å². The van der Waals surface area contributed by atoms with Gasteiger partial charge in [-0.05, 0) is 118 Å². The van der Waals surface area contributed by atoms with Crippen molar-refractivity contribution < 1.29 is 4.42 Å². The van der Waals surface area contributed by atoms with Gasteiger partial charge in [-0.15, -0.1) is 11.3 Å². The summed E-state index contributed by atoms with van der Waals surface area (Å²) < 4.78 is 8.85. The summed E-state index contributed by atoms with van der Waals surface area (Å²) in [7, 11) is 0. The van der Waals surface area contributed by atoms with Crippen molar-refractivity contribution >= 4 is 85.8 Å². The highest BCUT2D eigenvalue weighted by Crippen LogP contribution is 2.52. The van der Waals surface area contributed by atoms with Crippen LogP contribution in [0.5, 0.6) is 0 Å². The molecule has 2 heteroatoms. The Morgan fingerprint density at radius 1 is 0.356 bits per heavy atom. The quantitative estimate of drug-likeness (QED) is 0.163. The van der Waals surface area contributed by atoms with Gasteiger partial charge in [0.15, 0.2) is 0 Å². The second kappa shape index (κ2) is 12.0. The van der Waals surface area contributed by atoms with E-state index in [-0.39, 0.29) is 5.41 Å². The standard InChI is InChI=1S/C57H36OS/c1-57(2)48-21-11-9-14-37(48)45-29-35(27-28-49(45)57)55-42-19-7-5-17-40(42)54(41-18-6-8-20-43(41)55)34-25-23-33(24-26-34)44-31-53-56(39-16-4-3-13-36(39)44)47-30-46-38-15-10-12-22-50(38)58-51(46)32-52(47)59-53/h3-32H,1-2H3. The van der Waals surface area contributed by atoms with Crippen LogP contribution in [-0.4, -0.2) is 0 Å². The number of hydrogen-bond acceptors (Lipinski definition) is 2. The van der Waals surface area contributed by atoms with E-state index in [1.54, 1.807) is 0 Å². The summed E-state index contributed by atoms with van der Waals surface area (Å²) in [5.41, 5.74) is 14.9. The van der Waals surface area contributed by atoms with Gasteiger partial charge in [-0.1, -0.05) is 166 Å². The summed E-state index contributed by atoms with van der Waals surface area (Å²) in [6, 6.07) is 67.7. The van der Waals surface area contributed by atoms with Gasteiger partial charge in [0.2, 0.25) is 0 Å². The minimum Gasteiger partial charge on any atom is -0.456 e. The summed E-state index contributed by atoms with van der Waals surface area (Å²) >= 11 is 1.86. The van der Waals surface area contributed by atoms with E-state index < -0.39 is 0 Å². The van der Waals surface area contributed by atoms with E-state index in [4.69, 9.17) is 4.42 Å². The summed E-state index contributed by atoms with van der Waals surface area (Å²) in [6.07, 6.45) is 0. The lowest BCUT2D eigenvalue weighted by atomic mass is 9.81. The molecule has 59 heavy (non-hydrogen) atoms. The lowest BCUT2D eigenvalue weighted by Gasteiger charge is -2.22. The molecule has 0 spiro atoms. The predicted octanol–water partition coefficient (Wildman–Crippen LogP) is 16.7. The Bertz CT molecular complexity index is 3690. The second-order valence-corrected chi connectivity index (χ2v) is 17.8.